The van der Waals surface area contributed by atoms with Crippen molar-refractivity contribution in [3.8, 4) is 0 Å². The normalized spacial score (nSPS) is 10.9. The number of aryl methyl sites for hydroxylation is 2. The highest BCUT2D eigenvalue weighted by molar-refractivity contribution is 5.97. The van der Waals surface area contributed by atoms with Gasteiger partial charge in [0.25, 0.3) is 5.69 Å². The van der Waals surface area contributed by atoms with Gasteiger partial charge in [0.05, 0.1) is 22.5 Å². The molecule has 140 valence electrons. The number of nitro groups is 1. The van der Waals surface area contributed by atoms with Crippen molar-refractivity contribution in [1.29, 1.82) is 0 Å². The number of fused-ring (bicyclic) bond motifs is 1. The fourth-order valence-electron chi connectivity index (χ4n) is 3.20. The Morgan fingerprint density at radius 1 is 1.14 bits per heavy atom. The van der Waals surface area contributed by atoms with Gasteiger partial charge in [0.15, 0.2) is 0 Å². The van der Waals surface area contributed by atoms with Crippen LogP contribution in [0.3, 0.4) is 0 Å². The van der Waals surface area contributed by atoms with Crippen molar-refractivity contribution in [2.24, 2.45) is 0 Å². The first-order valence-corrected chi connectivity index (χ1v) is 8.77. The minimum absolute atomic E-state index is 0.0411. The predicted octanol–water partition coefficient (Wildman–Crippen LogP) is 4.14. The number of anilines is 2. The summed E-state index contributed by atoms with van der Waals surface area (Å²) in [6, 6.07) is 14.5. The molecule has 0 radical (unpaired) electrons. The van der Waals surface area contributed by atoms with Crippen molar-refractivity contribution in [1.82, 2.24) is 19.7 Å². The highest BCUT2D eigenvalue weighted by Crippen LogP contribution is 2.31. The third-order valence-electron chi connectivity index (χ3n) is 4.44. The van der Waals surface area contributed by atoms with E-state index in [1.165, 1.54) is 6.07 Å². The average Bonchev–Trinajstić information content (AvgIpc) is 2.99. The summed E-state index contributed by atoms with van der Waals surface area (Å²) >= 11 is 0. The van der Waals surface area contributed by atoms with E-state index in [2.05, 4.69) is 20.4 Å². The second-order valence-corrected chi connectivity index (χ2v) is 6.48. The van der Waals surface area contributed by atoms with Crippen LogP contribution in [0.1, 0.15) is 17.2 Å². The number of rotatable bonds is 5. The molecule has 2 heterocycles. The van der Waals surface area contributed by atoms with Crippen molar-refractivity contribution in [3.05, 3.63) is 82.1 Å². The Hall–Kier alpha value is -3.81. The van der Waals surface area contributed by atoms with Gasteiger partial charge in [-0.15, -0.1) is 0 Å². The minimum Gasteiger partial charge on any atom is -0.354 e. The zero-order chi connectivity index (χ0) is 19.7. The Morgan fingerprint density at radius 3 is 2.75 bits per heavy atom. The summed E-state index contributed by atoms with van der Waals surface area (Å²) in [6.45, 7) is 4.41. The number of nitrogens with zero attached hydrogens (tertiary/aromatic N) is 5. The quantitative estimate of drug-likeness (QED) is 0.416. The van der Waals surface area contributed by atoms with Crippen LogP contribution in [-0.4, -0.2) is 24.7 Å². The highest BCUT2D eigenvalue weighted by Gasteiger charge is 2.15. The van der Waals surface area contributed by atoms with E-state index in [1.807, 2.05) is 42.8 Å². The lowest BCUT2D eigenvalue weighted by Crippen LogP contribution is -2.04. The van der Waals surface area contributed by atoms with E-state index in [4.69, 9.17) is 0 Å². The average molecular weight is 374 g/mol. The molecule has 28 heavy (non-hydrogen) atoms. The maximum absolute atomic E-state index is 11.3. The summed E-state index contributed by atoms with van der Waals surface area (Å²) in [5.41, 5.74) is 3.25. The van der Waals surface area contributed by atoms with E-state index < -0.39 is 4.92 Å². The van der Waals surface area contributed by atoms with Gasteiger partial charge in [0, 0.05) is 18.0 Å². The van der Waals surface area contributed by atoms with Crippen LogP contribution in [0.2, 0.25) is 0 Å². The summed E-state index contributed by atoms with van der Waals surface area (Å²) in [7, 11) is 0. The lowest BCUT2D eigenvalue weighted by Gasteiger charge is -2.11. The molecule has 0 saturated heterocycles. The van der Waals surface area contributed by atoms with E-state index in [0.717, 1.165) is 22.9 Å². The topological polar surface area (TPSA) is 98.8 Å². The second-order valence-electron chi connectivity index (χ2n) is 6.48. The largest absolute Gasteiger partial charge is 0.354 e. The van der Waals surface area contributed by atoms with E-state index in [9.17, 15) is 10.1 Å². The molecule has 2 aromatic carbocycles. The van der Waals surface area contributed by atoms with Gasteiger partial charge in [-0.25, -0.2) is 9.67 Å². The number of benzene rings is 2. The van der Waals surface area contributed by atoms with Crippen LogP contribution in [0.4, 0.5) is 17.1 Å². The molecule has 1 N–H and O–H groups in total. The molecule has 0 saturated carbocycles. The van der Waals surface area contributed by atoms with Crippen LogP contribution >= 0.6 is 0 Å². The van der Waals surface area contributed by atoms with Gasteiger partial charge in [-0.3, -0.25) is 15.1 Å². The van der Waals surface area contributed by atoms with Crippen molar-refractivity contribution in [2.75, 3.05) is 5.32 Å². The van der Waals surface area contributed by atoms with E-state index >= 15 is 0 Å². The van der Waals surface area contributed by atoms with Gasteiger partial charge < -0.3 is 5.32 Å². The van der Waals surface area contributed by atoms with Crippen molar-refractivity contribution in [3.63, 3.8) is 0 Å². The van der Waals surface area contributed by atoms with Gasteiger partial charge in [0.1, 0.15) is 17.2 Å². The Balaban J connectivity index is 1.66. The van der Waals surface area contributed by atoms with Crippen LogP contribution < -0.4 is 5.32 Å². The Kier molecular flexibility index (Phi) is 4.44. The number of hydrogen-bond acceptors (Lipinski definition) is 6. The smallest absolute Gasteiger partial charge is 0.278 e. The van der Waals surface area contributed by atoms with Crippen molar-refractivity contribution >= 4 is 28.0 Å². The van der Waals surface area contributed by atoms with Gasteiger partial charge in [-0.05, 0) is 49.7 Å². The summed E-state index contributed by atoms with van der Waals surface area (Å²) in [4.78, 5) is 19.5. The molecule has 0 aliphatic rings. The van der Waals surface area contributed by atoms with Crippen LogP contribution in [0.5, 0.6) is 0 Å². The third-order valence-corrected chi connectivity index (χ3v) is 4.44. The number of non-ortho nitro benzene ring substituents is 1. The summed E-state index contributed by atoms with van der Waals surface area (Å²) in [6.07, 6.45) is 1.63. The number of nitro benzene ring substituents is 1. The molecule has 0 fully saturated rings. The van der Waals surface area contributed by atoms with Crippen LogP contribution in [0.15, 0.2) is 54.7 Å². The first-order valence-electron chi connectivity index (χ1n) is 8.77. The standard InChI is InChI=1S/C20H18N6O2/c1-13-22-14(2)25(24-13)12-15-5-3-6-16(11-15)23-18-8-9-19(26(27)28)17-7-4-10-21-20(17)18/h3-11,23H,12H2,1-2H3. The van der Waals surface area contributed by atoms with Crippen LogP contribution in [0, 0.1) is 24.0 Å². The SMILES string of the molecule is Cc1nc(C)n(Cc2cccc(Nc3ccc([N+](=O)[O-])c4cccnc34)c2)n1. The van der Waals surface area contributed by atoms with Crippen LogP contribution in [0.25, 0.3) is 10.9 Å². The van der Waals surface area contributed by atoms with E-state index in [-0.39, 0.29) is 5.69 Å². The Labute approximate surface area is 161 Å². The molecular formula is C20H18N6O2. The molecule has 0 unspecified atom stereocenters. The molecular weight excluding hydrogens is 356 g/mol. The fourth-order valence-corrected chi connectivity index (χ4v) is 3.20. The summed E-state index contributed by atoms with van der Waals surface area (Å²) in [5, 5.41) is 19.5. The summed E-state index contributed by atoms with van der Waals surface area (Å²) in [5.74, 6) is 1.61. The number of hydrogen-bond donors (Lipinski definition) is 1. The van der Waals surface area contributed by atoms with Gasteiger partial charge in [0.2, 0.25) is 0 Å². The zero-order valence-electron chi connectivity index (χ0n) is 15.5. The fraction of sp³-hybridized carbons (Fsp3) is 0.150. The highest BCUT2D eigenvalue weighted by atomic mass is 16.6. The molecule has 8 heteroatoms. The van der Waals surface area contributed by atoms with Gasteiger partial charge in [-0.1, -0.05) is 12.1 Å². The van der Waals surface area contributed by atoms with Crippen molar-refractivity contribution in [2.45, 2.75) is 20.4 Å². The van der Waals surface area contributed by atoms with Crippen LogP contribution in [-0.2, 0) is 6.54 Å². The monoisotopic (exact) mass is 374 g/mol. The Bertz CT molecular complexity index is 1180. The lowest BCUT2D eigenvalue weighted by molar-refractivity contribution is -0.383. The third kappa shape index (κ3) is 3.39. The second kappa shape index (κ2) is 7.07. The molecule has 0 amide bonds. The lowest BCUT2D eigenvalue weighted by atomic mass is 10.1. The number of aromatic nitrogens is 4. The molecule has 0 atom stereocenters. The van der Waals surface area contributed by atoms with E-state index in [1.54, 1.807) is 24.4 Å². The summed E-state index contributed by atoms with van der Waals surface area (Å²) < 4.78 is 1.86. The van der Waals surface area contributed by atoms with Gasteiger partial charge in [-0.2, -0.15) is 5.10 Å². The first kappa shape index (κ1) is 17.6. The molecule has 0 bridgehead atoms. The predicted molar refractivity (Wildman–Crippen MR) is 107 cm³/mol. The molecule has 4 rings (SSSR count). The molecule has 2 aromatic heterocycles. The van der Waals surface area contributed by atoms with E-state index in [0.29, 0.717) is 23.1 Å². The minimum atomic E-state index is -0.392. The zero-order valence-corrected chi connectivity index (χ0v) is 15.5. The maximum Gasteiger partial charge on any atom is 0.278 e. The molecule has 0 aliphatic heterocycles. The Morgan fingerprint density at radius 2 is 2.00 bits per heavy atom. The number of pyridine rings is 1. The first-order chi connectivity index (χ1) is 13.5. The molecule has 0 spiro atoms. The molecule has 0 aliphatic carbocycles. The maximum atomic E-state index is 11.3. The van der Waals surface area contributed by atoms with Gasteiger partial charge >= 0.3 is 0 Å². The number of nitrogens with one attached hydrogen (secondary N) is 1. The molecule has 4 aromatic rings. The molecule has 8 nitrogen and oxygen atoms in total. The van der Waals surface area contributed by atoms with Crippen molar-refractivity contribution < 1.29 is 4.92 Å².